The molecule has 1 aromatic carbocycles. The van der Waals surface area contributed by atoms with Crippen LogP contribution in [0.4, 0.5) is 5.82 Å². The lowest BCUT2D eigenvalue weighted by Crippen LogP contribution is -2.02. The summed E-state index contributed by atoms with van der Waals surface area (Å²) >= 11 is 3.30. The van der Waals surface area contributed by atoms with Crippen LogP contribution in [-0.2, 0) is 13.6 Å². The number of halogens is 1. The van der Waals surface area contributed by atoms with Gasteiger partial charge in [0.2, 0.25) is 0 Å². The molecule has 0 saturated carbocycles. The first-order valence-corrected chi connectivity index (χ1v) is 6.78. The van der Waals surface area contributed by atoms with E-state index < -0.39 is 0 Å². The van der Waals surface area contributed by atoms with Crippen molar-refractivity contribution in [1.29, 1.82) is 0 Å². The normalized spacial score (nSPS) is 10.9. The molecule has 6 nitrogen and oxygen atoms in total. The molecular formula is C13H12BrN5O. The van der Waals surface area contributed by atoms with Gasteiger partial charge in [0.15, 0.2) is 5.65 Å². The van der Waals surface area contributed by atoms with Crippen molar-refractivity contribution < 1.29 is 5.11 Å². The Balaban J connectivity index is 1.84. The Bertz CT molecular complexity index is 771. The van der Waals surface area contributed by atoms with E-state index in [-0.39, 0.29) is 5.75 Å². The molecule has 2 N–H and O–H groups in total. The Morgan fingerprint density at radius 1 is 1.35 bits per heavy atom. The van der Waals surface area contributed by atoms with Gasteiger partial charge in [0.1, 0.15) is 17.9 Å². The summed E-state index contributed by atoms with van der Waals surface area (Å²) in [6.07, 6.45) is 3.37. The average molecular weight is 334 g/mol. The van der Waals surface area contributed by atoms with Crippen LogP contribution >= 0.6 is 15.9 Å². The predicted molar refractivity (Wildman–Crippen MR) is 79.4 cm³/mol. The van der Waals surface area contributed by atoms with E-state index in [0.717, 1.165) is 16.8 Å². The number of nitrogens with one attached hydrogen (secondary N) is 1. The van der Waals surface area contributed by atoms with E-state index in [1.165, 1.54) is 6.33 Å². The summed E-state index contributed by atoms with van der Waals surface area (Å²) < 4.78 is 2.38. The van der Waals surface area contributed by atoms with Crippen LogP contribution in [-0.4, -0.2) is 24.9 Å². The minimum Gasteiger partial charge on any atom is -0.507 e. The maximum atomic E-state index is 9.47. The molecule has 0 spiro atoms. The third-order valence-corrected chi connectivity index (χ3v) is 3.54. The van der Waals surface area contributed by atoms with Crippen LogP contribution in [0.1, 0.15) is 5.56 Å². The predicted octanol–water partition coefficient (Wildman–Crippen LogP) is 2.44. The summed E-state index contributed by atoms with van der Waals surface area (Å²) in [5.41, 5.74) is 1.70. The van der Waals surface area contributed by atoms with Gasteiger partial charge in [-0.15, -0.1) is 0 Å². The Morgan fingerprint density at radius 3 is 3.00 bits per heavy atom. The smallest absolute Gasteiger partial charge is 0.186 e. The standard InChI is InChI=1S/C13H12BrN5O/c1-19-6-9-12(16-7-17-13(9)18-19)15-5-8-2-3-11(20)10(14)4-8/h2-4,6-7,20H,5H2,1H3,(H,15,16,17,18). The molecular weight excluding hydrogens is 322 g/mol. The maximum absolute atomic E-state index is 9.47. The van der Waals surface area contributed by atoms with E-state index in [1.807, 2.05) is 25.4 Å². The summed E-state index contributed by atoms with van der Waals surface area (Å²) in [6, 6.07) is 5.37. The second kappa shape index (κ2) is 5.09. The fraction of sp³-hybridized carbons (Fsp3) is 0.154. The molecule has 0 atom stereocenters. The summed E-state index contributed by atoms with van der Waals surface area (Å²) in [5.74, 6) is 0.970. The monoisotopic (exact) mass is 333 g/mol. The van der Waals surface area contributed by atoms with E-state index in [2.05, 4.69) is 36.3 Å². The quantitative estimate of drug-likeness (QED) is 0.769. The zero-order valence-electron chi connectivity index (χ0n) is 10.7. The van der Waals surface area contributed by atoms with Crippen LogP contribution in [0, 0.1) is 0 Å². The minimum absolute atomic E-state index is 0.227. The number of nitrogens with zero attached hydrogens (tertiary/aromatic N) is 4. The van der Waals surface area contributed by atoms with E-state index in [1.54, 1.807) is 10.7 Å². The van der Waals surface area contributed by atoms with E-state index in [9.17, 15) is 5.11 Å². The fourth-order valence-electron chi connectivity index (χ4n) is 1.94. The minimum atomic E-state index is 0.227. The van der Waals surface area contributed by atoms with Gasteiger partial charge in [0, 0.05) is 19.8 Å². The number of benzene rings is 1. The van der Waals surface area contributed by atoms with E-state index in [0.29, 0.717) is 16.7 Å². The molecule has 0 saturated heterocycles. The molecule has 0 aliphatic heterocycles. The highest BCUT2D eigenvalue weighted by molar-refractivity contribution is 9.10. The number of aryl methyl sites for hydroxylation is 1. The third-order valence-electron chi connectivity index (χ3n) is 2.90. The van der Waals surface area contributed by atoms with Crippen molar-refractivity contribution in [2.45, 2.75) is 6.54 Å². The molecule has 0 amide bonds. The number of anilines is 1. The number of phenols is 1. The van der Waals surface area contributed by atoms with Gasteiger partial charge in [-0.1, -0.05) is 6.07 Å². The second-order valence-electron chi connectivity index (χ2n) is 4.40. The van der Waals surface area contributed by atoms with Crippen LogP contribution in [0.5, 0.6) is 5.75 Å². The number of hydrogen-bond donors (Lipinski definition) is 2. The summed E-state index contributed by atoms with van der Waals surface area (Å²) in [5, 5.41) is 17.9. The molecule has 3 aromatic rings. The van der Waals surface area contributed by atoms with Crippen molar-refractivity contribution in [3.05, 3.63) is 40.8 Å². The Morgan fingerprint density at radius 2 is 2.20 bits per heavy atom. The van der Waals surface area contributed by atoms with Gasteiger partial charge in [-0.05, 0) is 33.6 Å². The van der Waals surface area contributed by atoms with Crippen LogP contribution in [0.25, 0.3) is 11.0 Å². The molecule has 0 aliphatic rings. The lowest BCUT2D eigenvalue weighted by molar-refractivity contribution is 0.471. The van der Waals surface area contributed by atoms with Crippen molar-refractivity contribution in [3.63, 3.8) is 0 Å². The van der Waals surface area contributed by atoms with Gasteiger partial charge < -0.3 is 10.4 Å². The van der Waals surface area contributed by atoms with Gasteiger partial charge >= 0.3 is 0 Å². The van der Waals surface area contributed by atoms with Crippen LogP contribution in [0.15, 0.2) is 35.2 Å². The van der Waals surface area contributed by atoms with Crippen LogP contribution in [0.2, 0.25) is 0 Å². The second-order valence-corrected chi connectivity index (χ2v) is 5.26. The summed E-state index contributed by atoms with van der Waals surface area (Å²) in [7, 11) is 1.85. The van der Waals surface area contributed by atoms with Crippen molar-refractivity contribution in [3.8, 4) is 5.75 Å². The Kier molecular flexibility index (Phi) is 3.27. The lowest BCUT2D eigenvalue weighted by Gasteiger charge is -2.07. The SMILES string of the molecule is Cn1cc2c(NCc3ccc(O)c(Br)c3)ncnc2n1. The van der Waals surface area contributed by atoms with Crippen LogP contribution < -0.4 is 5.32 Å². The Hall–Kier alpha value is -2.15. The van der Waals surface area contributed by atoms with Gasteiger partial charge in [-0.2, -0.15) is 5.10 Å². The van der Waals surface area contributed by atoms with E-state index in [4.69, 9.17) is 0 Å². The highest BCUT2D eigenvalue weighted by Crippen LogP contribution is 2.25. The highest BCUT2D eigenvalue weighted by atomic mass is 79.9. The first-order chi connectivity index (χ1) is 9.63. The fourth-order valence-corrected chi connectivity index (χ4v) is 2.36. The van der Waals surface area contributed by atoms with E-state index >= 15 is 0 Å². The van der Waals surface area contributed by atoms with Gasteiger partial charge in [0.05, 0.1) is 9.86 Å². The van der Waals surface area contributed by atoms with Crippen molar-refractivity contribution in [2.24, 2.45) is 7.05 Å². The number of fused-ring (bicyclic) bond motifs is 1. The summed E-state index contributed by atoms with van der Waals surface area (Å²) in [6.45, 7) is 0.597. The molecule has 0 radical (unpaired) electrons. The zero-order valence-corrected chi connectivity index (χ0v) is 12.3. The number of hydrogen-bond acceptors (Lipinski definition) is 5. The molecule has 7 heteroatoms. The average Bonchev–Trinajstić information content (AvgIpc) is 2.81. The Labute approximate surface area is 123 Å². The molecule has 102 valence electrons. The first-order valence-electron chi connectivity index (χ1n) is 5.99. The zero-order chi connectivity index (χ0) is 14.1. The number of rotatable bonds is 3. The largest absolute Gasteiger partial charge is 0.507 e. The topological polar surface area (TPSA) is 75.9 Å². The van der Waals surface area contributed by atoms with Gasteiger partial charge in [-0.25, -0.2) is 9.97 Å². The molecule has 3 rings (SSSR count). The van der Waals surface area contributed by atoms with Crippen molar-refractivity contribution in [1.82, 2.24) is 19.7 Å². The molecule has 2 heterocycles. The molecule has 20 heavy (non-hydrogen) atoms. The van der Waals surface area contributed by atoms with Gasteiger partial charge in [-0.3, -0.25) is 4.68 Å². The lowest BCUT2D eigenvalue weighted by atomic mass is 10.2. The van der Waals surface area contributed by atoms with Crippen molar-refractivity contribution in [2.75, 3.05) is 5.32 Å². The molecule has 0 aliphatic carbocycles. The number of phenolic OH excluding ortho intramolecular Hbond substituents is 1. The molecule has 2 aromatic heterocycles. The maximum Gasteiger partial charge on any atom is 0.186 e. The molecule has 0 fully saturated rings. The first kappa shape index (κ1) is 12.9. The number of aromatic nitrogens is 4. The third kappa shape index (κ3) is 2.44. The summed E-state index contributed by atoms with van der Waals surface area (Å²) in [4.78, 5) is 8.36. The van der Waals surface area contributed by atoms with Crippen molar-refractivity contribution >= 4 is 32.8 Å². The molecule has 0 unspecified atom stereocenters. The molecule has 0 bridgehead atoms. The van der Waals surface area contributed by atoms with Gasteiger partial charge in [0.25, 0.3) is 0 Å². The van der Waals surface area contributed by atoms with Crippen LogP contribution in [0.3, 0.4) is 0 Å². The highest BCUT2D eigenvalue weighted by Gasteiger charge is 2.07. The number of aromatic hydroxyl groups is 1.